The van der Waals surface area contributed by atoms with E-state index in [9.17, 15) is 9.59 Å². The Kier molecular flexibility index (Phi) is 6.40. The topological polar surface area (TPSA) is 103 Å². The summed E-state index contributed by atoms with van der Waals surface area (Å²) in [7, 11) is 0. The van der Waals surface area contributed by atoms with E-state index in [2.05, 4.69) is 37.2 Å². The molecular formula is C26H21N5O3S. The maximum absolute atomic E-state index is 12.2. The van der Waals surface area contributed by atoms with Crippen LogP contribution < -0.4 is 10.9 Å². The minimum atomic E-state index is -0.449. The number of fused-ring (bicyclic) bond motifs is 1. The van der Waals surface area contributed by atoms with Crippen LogP contribution >= 0.6 is 11.8 Å². The number of amides is 1. The van der Waals surface area contributed by atoms with Crippen molar-refractivity contribution in [2.75, 3.05) is 5.32 Å². The first-order valence-electron chi connectivity index (χ1n) is 10.9. The molecule has 8 nitrogen and oxygen atoms in total. The van der Waals surface area contributed by atoms with Crippen LogP contribution in [0.25, 0.3) is 22.4 Å². The summed E-state index contributed by atoms with van der Waals surface area (Å²) in [6, 6.07) is 20.7. The second-order valence-electron chi connectivity index (χ2n) is 7.89. The number of carbonyl (C=O) groups is 1. The fourth-order valence-electron chi connectivity index (χ4n) is 3.79. The van der Waals surface area contributed by atoms with Crippen LogP contribution in [0.15, 0.2) is 93.5 Å². The van der Waals surface area contributed by atoms with Gasteiger partial charge in [-0.2, -0.15) is 0 Å². The lowest BCUT2D eigenvalue weighted by Gasteiger charge is -2.11. The maximum Gasteiger partial charge on any atom is 0.336 e. The number of nitrogens with one attached hydrogen (secondary N) is 1. The van der Waals surface area contributed by atoms with Gasteiger partial charge in [-0.25, -0.2) is 4.79 Å². The van der Waals surface area contributed by atoms with Gasteiger partial charge in [0.2, 0.25) is 5.91 Å². The first kappa shape index (κ1) is 22.5. The molecule has 0 saturated carbocycles. The fraction of sp³-hybridized carbons (Fsp3) is 0.115. The largest absolute Gasteiger partial charge is 0.423 e. The monoisotopic (exact) mass is 483 g/mol. The van der Waals surface area contributed by atoms with Crippen LogP contribution in [0, 0.1) is 0 Å². The van der Waals surface area contributed by atoms with E-state index >= 15 is 0 Å². The molecule has 0 fully saturated rings. The molecule has 1 amide bonds. The molecule has 0 unspecified atom stereocenters. The summed E-state index contributed by atoms with van der Waals surface area (Å²) in [6.07, 6.45) is 3.49. The lowest BCUT2D eigenvalue weighted by molar-refractivity contribution is -0.114. The zero-order valence-electron chi connectivity index (χ0n) is 18.8. The van der Waals surface area contributed by atoms with Crippen molar-refractivity contribution in [2.45, 2.75) is 24.4 Å². The van der Waals surface area contributed by atoms with Gasteiger partial charge in [0.05, 0.1) is 6.54 Å². The van der Waals surface area contributed by atoms with E-state index in [1.54, 1.807) is 24.5 Å². The van der Waals surface area contributed by atoms with Crippen molar-refractivity contribution in [3.05, 3.63) is 101 Å². The van der Waals surface area contributed by atoms with Crippen molar-refractivity contribution in [3.63, 3.8) is 0 Å². The minimum Gasteiger partial charge on any atom is -0.423 e. The highest BCUT2D eigenvalue weighted by Gasteiger charge is 2.16. The summed E-state index contributed by atoms with van der Waals surface area (Å²) in [5, 5.41) is 13.1. The van der Waals surface area contributed by atoms with Crippen molar-refractivity contribution in [1.29, 1.82) is 0 Å². The molecule has 1 N–H and O–H groups in total. The molecule has 5 rings (SSSR count). The summed E-state index contributed by atoms with van der Waals surface area (Å²) < 4.78 is 7.44. The van der Waals surface area contributed by atoms with Crippen LogP contribution in [-0.2, 0) is 17.1 Å². The van der Waals surface area contributed by atoms with E-state index in [0.29, 0.717) is 23.6 Å². The highest BCUT2D eigenvalue weighted by atomic mass is 32.2. The third-order valence-electron chi connectivity index (χ3n) is 5.33. The molecule has 174 valence electrons. The Morgan fingerprint density at radius 1 is 1.06 bits per heavy atom. The summed E-state index contributed by atoms with van der Waals surface area (Å²) in [5.41, 5.74) is 3.35. The normalized spacial score (nSPS) is 11.0. The van der Waals surface area contributed by atoms with Gasteiger partial charge < -0.3 is 9.73 Å². The van der Waals surface area contributed by atoms with E-state index in [-0.39, 0.29) is 5.91 Å². The van der Waals surface area contributed by atoms with Gasteiger partial charge in [0.15, 0.2) is 11.0 Å². The summed E-state index contributed by atoms with van der Waals surface area (Å²) in [5.74, 6) is 1.02. The van der Waals surface area contributed by atoms with Crippen LogP contribution in [-0.4, -0.2) is 25.7 Å². The Morgan fingerprint density at radius 3 is 2.69 bits per heavy atom. The van der Waals surface area contributed by atoms with Gasteiger partial charge in [-0.1, -0.05) is 42.1 Å². The Bertz CT molecular complexity index is 1550. The SMILES string of the molecule is CC(=O)Nc1ccc2c(CSc3nnc(-c4cccnc4)n3Cc3ccccc3)cc(=O)oc2c1. The lowest BCUT2D eigenvalue weighted by atomic mass is 10.1. The van der Waals surface area contributed by atoms with Gasteiger partial charge in [-0.05, 0) is 35.4 Å². The number of pyridine rings is 1. The van der Waals surface area contributed by atoms with Crippen molar-refractivity contribution in [1.82, 2.24) is 19.7 Å². The number of anilines is 1. The third-order valence-corrected chi connectivity index (χ3v) is 6.34. The average molecular weight is 484 g/mol. The van der Waals surface area contributed by atoms with E-state index < -0.39 is 5.63 Å². The maximum atomic E-state index is 12.2. The Labute approximate surface area is 205 Å². The number of nitrogens with zero attached hydrogens (tertiary/aromatic N) is 4. The molecule has 3 aromatic heterocycles. The smallest absolute Gasteiger partial charge is 0.336 e. The molecule has 0 bridgehead atoms. The molecule has 0 aliphatic rings. The molecule has 0 spiro atoms. The van der Waals surface area contributed by atoms with Gasteiger partial charge in [0, 0.05) is 53.8 Å². The van der Waals surface area contributed by atoms with Crippen molar-refractivity contribution >= 4 is 34.3 Å². The molecule has 9 heteroatoms. The molecule has 2 aromatic carbocycles. The summed E-state index contributed by atoms with van der Waals surface area (Å²) in [4.78, 5) is 27.8. The molecule has 0 atom stereocenters. The molecular weight excluding hydrogens is 462 g/mol. The highest BCUT2D eigenvalue weighted by molar-refractivity contribution is 7.98. The quantitative estimate of drug-likeness (QED) is 0.263. The number of benzene rings is 2. The average Bonchev–Trinajstić information content (AvgIpc) is 3.25. The van der Waals surface area contributed by atoms with Crippen molar-refractivity contribution in [2.24, 2.45) is 0 Å². The molecule has 5 aromatic rings. The highest BCUT2D eigenvalue weighted by Crippen LogP contribution is 2.30. The van der Waals surface area contributed by atoms with Crippen LogP contribution in [0.2, 0.25) is 0 Å². The fourth-order valence-corrected chi connectivity index (χ4v) is 4.71. The van der Waals surface area contributed by atoms with Crippen molar-refractivity contribution in [3.8, 4) is 11.4 Å². The van der Waals surface area contributed by atoms with Gasteiger partial charge in [0.1, 0.15) is 5.58 Å². The number of rotatable bonds is 7. The first-order valence-corrected chi connectivity index (χ1v) is 11.9. The zero-order valence-corrected chi connectivity index (χ0v) is 19.7. The minimum absolute atomic E-state index is 0.194. The van der Waals surface area contributed by atoms with E-state index in [4.69, 9.17) is 4.42 Å². The number of thioether (sulfide) groups is 1. The van der Waals surface area contributed by atoms with E-state index in [1.807, 2.05) is 36.4 Å². The molecule has 0 radical (unpaired) electrons. The molecule has 0 aliphatic heterocycles. The van der Waals surface area contributed by atoms with Crippen molar-refractivity contribution < 1.29 is 9.21 Å². The summed E-state index contributed by atoms with van der Waals surface area (Å²) >= 11 is 1.49. The standard InChI is InChI=1S/C26H21N5O3S/c1-17(32)28-21-9-10-22-20(12-24(33)34-23(22)13-21)16-35-26-30-29-25(19-8-5-11-27-14-19)31(26)15-18-6-3-2-4-7-18/h2-14H,15-16H2,1H3,(H,28,32). The zero-order chi connectivity index (χ0) is 24.2. The molecule has 35 heavy (non-hydrogen) atoms. The van der Waals surface area contributed by atoms with Crippen LogP contribution in [0.4, 0.5) is 5.69 Å². The number of carbonyl (C=O) groups excluding carboxylic acids is 1. The predicted octanol–water partition coefficient (Wildman–Crippen LogP) is 4.75. The molecule has 0 saturated heterocycles. The van der Waals surface area contributed by atoms with Gasteiger partial charge in [0.25, 0.3) is 0 Å². The Hall–Kier alpha value is -4.24. The molecule has 3 heterocycles. The van der Waals surface area contributed by atoms with Gasteiger partial charge >= 0.3 is 5.63 Å². The molecule has 0 aliphatic carbocycles. The number of hydrogen-bond donors (Lipinski definition) is 1. The lowest BCUT2D eigenvalue weighted by Crippen LogP contribution is -2.06. The van der Waals surface area contributed by atoms with Crippen LogP contribution in [0.1, 0.15) is 18.1 Å². The van der Waals surface area contributed by atoms with Crippen LogP contribution in [0.3, 0.4) is 0 Å². The number of hydrogen-bond acceptors (Lipinski definition) is 7. The van der Waals surface area contributed by atoms with Gasteiger partial charge in [-0.3, -0.25) is 14.3 Å². The van der Waals surface area contributed by atoms with Crippen LogP contribution in [0.5, 0.6) is 0 Å². The predicted molar refractivity (Wildman–Crippen MR) is 135 cm³/mol. The Balaban J connectivity index is 1.48. The third kappa shape index (κ3) is 5.15. The second kappa shape index (κ2) is 9.94. The van der Waals surface area contributed by atoms with Gasteiger partial charge in [-0.15, -0.1) is 10.2 Å². The van der Waals surface area contributed by atoms with E-state index in [1.165, 1.54) is 24.8 Å². The Morgan fingerprint density at radius 2 is 1.91 bits per heavy atom. The summed E-state index contributed by atoms with van der Waals surface area (Å²) in [6.45, 7) is 2.02. The number of aromatic nitrogens is 4. The van der Waals surface area contributed by atoms with E-state index in [0.717, 1.165) is 33.1 Å². The second-order valence-corrected chi connectivity index (χ2v) is 8.83. The first-order chi connectivity index (χ1) is 17.1.